The van der Waals surface area contributed by atoms with Gasteiger partial charge in [0.2, 0.25) is 0 Å². The first-order valence-corrected chi connectivity index (χ1v) is 7.91. The summed E-state index contributed by atoms with van der Waals surface area (Å²) < 4.78 is 5.63. The summed E-state index contributed by atoms with van der Waals surface area (Å²) in [6, 6.07) is 7.73. The lowest BCUT2D eigenvalue weighted by molar-refractivity contribution is -0.137. The number of fused-ring (bicyclic) bond motifs is 1. The van der Waals surface area contributed by atoms with Gasteiger partial charge in [-0.15, -0.1) is 0 Å². The Hall–Kier alpha value is -2.04. The number of hydrogen-bond acceptors (Lipinski definition) is 3. The molecular weight excluding hydrogens is 282 g/mol. The molecule has 5 heteroatoms. The van der Waals surface area contributed by atoms with Crippen LogP contribution in [0.25, 0.3) is 0 Å². The molecule has 1 aromatic carbocycles. The highest BCUT2D eigenvalue weighted by atomic mass is 16.5. The van der Waals surface area contributed by atoms with E-state index in [0.29, 0.717) is 13.0 Å². The minimum atomic E-state index is -0.732. The highest BCUT2D eigenvalue weighted by Crippen LogP contribution is 2.28. The van der Waals surface area contributed by atoms with Crippen molar-refractivity contribution in [1.29, 1.82) is 0 Å². The highest BCUT2D eigenvalue weighted by Gasteiger charge is 2.28. The minimum absolute atomic E-state index is 0.0536. The van der Waals surface area contributed by atoms with Crippen molar-refractivity contribution < 1.29 is 19.4 Å². The smallest absolute Gasteiger partial charge is 0.303 e. The molecule has 22 heavy (non-hydrogen) atoms. The Labute approximate surface area is 130 Å². The minimum Gasteiger partial charge on any atom is -0.481 e. The van der Waals surface area contributed by atoms with E-state index in [2.05, 4.69) is 5.32 Å². The van der Waals surface area contributed by atoms with Crippen LogP contribution in [-0.2, 0) is 16.0 Å². The number of benzene rings is 1. The molecule has 1 atom stereocenters. The zero-order valence-corrected chi connectivity index (χ0v) is 12.7. The van der Waals surface area contributed by atoms with E-state index in [1.54, 1.807) is 0 Å². The predicted octanol–water partition coefficient (Wildman–Crippen LogP) is 2.53. The van der Waals surface area contributed by atoms with Gasteiger partial charge in [-0.1, -0.05) is 37.5 Å². The Morgan fingerprint density at radius 3 is 2.64 bits per heavy atom. The van der Waals surface area contributed by atoms with Crippen molar-refractivity contribution in [2.75, 3.05) is 6.54 Å². The second-order valence-corrected chi connectivity index (χ2v) is 5.62. The van der Waals surface area contributed by atoms with Crippen LogP contribution in [0.3, 0.4) is 0 Å². The number of hydrogen-bond donors (Lipinski definition) is 2. The maximum absolute atomic E-state index is 12.0. The number of para-hydroxylation sites is 1. The number of aliphatic carboxylic acids is 1. The lowest BCUT2D eigenvalue weighted by Gasteiger charge is -2.11. The molecule has 5 nitrogen and oxygen atoms in total. The van der Waals surface area contributed by atoms with Gasteiger partial charge in [-0.05, 0) is 24.5 Å². The van der Waals surface area contributed by atoms with E-state index in [-0.39, 0.29) is 12.3 Å². The highest BCUT2D eigenvalue weighted by molar-refractivity contribution is 5.82. The summed E-state index contributed by atoms with van der Waals surface area (Å²) in [6.45, 7) is 0.647. The molecule has 1 aliphatic heterocycles. The molecular formula is C17H23NO4. The lowest BCUT2D eigenvalue weighted by Crippen LogP contribution is -2.37. The molecule has 0 fully saturated rings. The summed E-state index contributed by atoms with van der Waals surface area (Å²) in [5.41, 5.74) is 1.08. The molecule has 1 aromatic rings. The topological polar surface area (TPSA) is 75.6 Å². The largest absolute Gasteiger partial charge is 0.481 e. The van der Waals surface area contributed by atoms with Crippen LogP contribution >= 0.6 is 0 Å². The first-order chi connectivity index (χ1) is 10.7. The fraction of sp³-hybridized carbons (Fsp3) is 0.529. The number of nitrogens with one attached hydrogen (secondary N) is 1. The average molecular weight is 305 g/mol. The van der Waals surface area contributed by atoms with E-state index in [0.717, 1.165) is 43.4 Å². The Balaban J connectivity index is 1.53. The van der Waals surface area contributed by atoms with Crippen LogP contribution in [0.15, 0.2) is 24.3 Å². The number of amides is 1. The summed E-state index contributed by atoms with van der Waals surface area (Å²) in [5, 5.41) is 11.4. The molecule has 120 valence electrons. The van der Waals surface area contributed by atoms with E-state index in [4.69, 9.17) is 9.84 Å². The number of carbonyl (C=O) groups is 2. The van der Waals surface area contributed by atoms with Gasteiger partial charge < -0.3 is 15.2 Å². The molecule has 0 saturated carbocycles. The summed E-state index contributed by atoms with van der Waals surface area (Å²) in [7, 11) is 0. The normalized spacial score (nSPS) is 15.9. The summed E-state index contributed by atoms with van der Waals surface area (Å²) in [6.07, 6.45) is 5.07. The van der Waals surface area contributed by atoms with Crippen molar-refractivity contribution in [3.8, 4) is 5.75 Å². The molecule has 1 amide bonds. The molecule has 0 aliphatic carbocycles. The monoisotopic (exact) mass is 305 g/mol. The number of rotatable bonds is 9. The molecule has 2 rings (SSSR count). The number of unbranched alkanes of at least 4 members (excludes halogenated alkanes) is 4. The zero-order chi connectivity index (χ0) is 15.8. The predicted molar refractivity (Wildman–Crippen MR) is 82.9 cm³/mol. The Kier molecular flexibility index (Phi) is 6.25. The maximum Gasteiger partial charge on any atom is 0.303 e. The fourth-order valence-corrected chi connectivity index (χ4v) is 2.59. The second kappa shape index (κ2) is 8.41. The van der Waals surface area contributed by atoms with E-state index >= 15 is 0 Å². The molecule has 0 aromatic heterocycles. The fourth-order valence-electron chi connectivity index (χ4n) is 2.59. The number of carboxylic acids is 1. The van der Waals surface area contributed by atoms with Gasteiger partial charge >= 0.3 is 5.97 Å². The van der Waals surface area contributed by atoms with Crippen LogP contribution in [0.1, 0.15) is 44.1 Å². The van der Waals surface area contributed by atoms with Gasteiger partial charge in [0.15, 0.2) is 6.10 Å². The van der Waals surface area contributed by atoms with Crippen LogP contribution in [0.5, 0.6) is 5.75 Å². The van der Waals surface area contributed by atoms with Crippen LogP contribution < -0.4 is 10.1 Å². The number of ether oxygens (including phenoxy) is 1. The van der Waals surface area contributed by atoms with Gasteiger partial charge in [-0.25, -0.2) is 0 Å². The van der Waals surface area contributed by atoms with Crippen molar-refractivity contribution >= 4 is 11.9 Å². The van der Waals surface area contributed by atoms with Crippen molar-refractivity contribution in [2.45, 2.75) is 51.0 Å². The molecule has 0 saturated heterocycles. The standard InChI is InChI=1S/C17H23NO4/c19-16(20)10-4-2-1-3-7-11-18-17(21)15-12-13-8-5-6-9-14(13)22-15/h5-6,8-9,15H,1-4,7,10-12H2,(H,18,21)(H,19,20). The molecule has 1 unspecified atom stereocenters. The van der Waals surface area contributed by atoms with Gasteiger partial charge in [0, 0.05) is 19.4 Å². The third kappa shape index (κ3) is 5.06. The zero-order valence-electron chi connectivity index (χ0n) is 12.7. The van der Waals surface area contributed by atoms with Gasteiger partial charge in [-0.3, -0.25) is 9.59 Å². The quantitative estimate of drug-likeness (QED) is 0.687. The SMILES string of the molecule is O=C(O)CCCCCCCNC(=O)C1Cc2ccccc2O1. The molecule has 1 aliphatic rings. The first kappa shape index (κ1) is 16.3. The van der Waals surface area contributed by atoms with Crippen LogP contribution in [0.2, 0.25) is 0 Å². The molecule has 1 heterocycles. The van der Waals surface area contributed by atoms with Gasteiger partial charge in [0.1, 0.15) is 5.75 Å². The molecule has 0 spiro atoms. The molecule has 2 N–H and O–H groups in total. The maximum atomic E-state index is 12.0. The summed E-state index contributed by atoms with van der Waals surface area (Å²) in [5.74, 6) is 0.0213. The van der Waals surface area contributed by atoms with Gasteiger partial charge in [0.25, 0.3) is 5.91 Å². The first-order valence-electron chi connectivity index (χ1n) is 7.91. The van der Waals surface area contributed by atoms with Crippen LogP contribution in [-0.4, -0.2) is 29.6 Å². The van der Waals surface area contributed by atoms with Crippen LogP contribution in [0.4, 0.5) is 0 Å². The van der Waals surface area contributed by atoms with E-state index < -0.39 is 12.1 Å². The lowest BCUT2D eigenvalue weighted by atomic mass is 10.1. The van der Waals surface area contributed by atoms with Crippen molar-refractivity contribution in [3.05, 3.63) is 29.8 Å². The van der Waals surface area contributed by atoms with Crippen LogP contribution in [0, 0.1) is 0 Å². The second-order valence-electron chi connectivity index (χ2n) is 5.62. The van der Waals surface area contributed by atoms with Gasteiger partial charge in [-0.2, -0.15) is 0 Å². The van der Waals surface area contributed by atoms with Gasteiger partial charge in [0.05, 0.1) is 0 Å². The van der Waals surface area contributed by atoms with E-state index in [1.807, 2.05) is 24.3 Å². The number of carbonyl (C=O) groups excluding carboxylic acids is 1. The molecule has 0 bridgehead atoms. The third-order valence-electron chi connectivity index (χ3n) is 3.81. The van der Waals surface area contributed by atoms with E-state index in [9.17, 15) is 9.59 Å². The Morgan fingerprint density at radius 1 is 1.14 bits per heavy atom. The van der Waals surface area contributed by atoms with Crippen molar-refractivity contribution in [2.24, 2.45) is 0 Å². The summed E-state index contributed by atoms with van der Waals surface area (Å²) in [4.78, 5) is 22.4. The van der Waals surface area contributed by atoms with Crippen molar-refractivity contribution in [3.63, 3.8) is 0 Å². The van der Waals surface area contributed by atoms with E-state index in [1.165, 1.54) is 0 Å². The summed E-state index contributed by atoms with van der Waals surface area (Å²) >= 11 is 0. The average Bonchev–Trinajstić information content (AvgIpc) is 2.93. The third-order valence-corrected chi connectivity index (χ3v) is 3.81. The van der Waals surface area contributed by atoms with Crippen molar-refractivity contribution in [1.82, 2.24) is 5.32 Å². The number of carboxylic acid groups (broad SMARTS) is 1. The Bertz CT molecular complexity index is 490. The molecule has 0 radical (unpaired) electrons. The Morgan fingerprint density at radius 2 is 1.86 bits per heavy atom.